The number of halogens is 1. The summed E-state index contributed by atoms with van der Waals surface area (Å²) in [6.45, 7) is 1.71. The third kappa shape index (κ3) is 3.14. The Kier molecular flexibility index (Phi) is 4.82. The summed E-state index contributed by atoms with van der Waals surface area (Å²) in [5.41, 5.74) is 1.11. The zero-order valence-corrected chi connectivity index (χ0v) is 16.6. The molecule has 28 heavy (non-hydrogen) atoms. The van der Waals surface area contributed by atoms with E-state index in [0.29, 0.717) is 20.6 Å². The number of ether oxygens (including phenoxy) is 1. The number of thiazole rings is 1. The summed E-state index contributed by atoms with van der Waals surface area (Å²) in [4.78, 5) is 31.6. The Hall–Kier alpha value is -2.84. The molecule has 4 rings (SSSR count). The van der Waals surface area contributed by atoms with E-state index in [1.165, 1.54) is 46.5 Å². The maximum Gasteiger partial charge on any atom is 0.338 e. The number of nitrogens with zero attached hydrogens (tertiary/aromatic N) is 2. The number of allylic oxidation sites excluding steroid dienone is 1. The molecule has 5 nitrogen and oxygen atoms in total. The van der Waals surface area contributed by atoms with Gasteiger partial charge in [-0.05, 0) is 42.1 Å². The van der Waals surface area contributed by atoms with Gasteiger partial charge in [-0.15, -0.1) is 11.3 Å². The number of aromatic nitrogens is 1. The van der Waals surface area contributed by atoms with Crippen LogP contribution in [0.15, 0.2) is 62.8 Å². The van der Waals surface area contributed by atoms with Crippen LogP contribution in [0.5, 0.6) is 0 Å². The molecule has 0 radical (unpaired) electrons. The first-order valence-corrected chi connectivity index (χ1v) is 10.1. The number of hydrogen-bond acceptors (Lipinski definition) is 6. The second-order valence-electron chi connectivity index (χ2n) is 6.14. The number of esters is 1. The van der Waals surface area contributed by atoms with Crippen LogP contribution in [-0.4, -0.2) is 17.6 Å². The molecule has 0 saturated carbocycles. The summed E-state index contributed by atoms with van der Waals surface area (Å²) < 4.78 is 20.4. The minimum atomic E-state index is -0.727. The molecule has 8 heteroatoms. The number of carbonyl (C=O) groups excluding carboxylic acids is 1. The topological polar surface area (TPSA) is 60.7 Å². The van der Waals surface area contributed by atoms with Crippen molar-refractivity contribution in [2.75, 3.05) is 7.11 Å². The van der Waals surface area contributed by atoms with Gasteiger partial charge in [0, 0.05) is 4.88 Å². The Labute approximate surface area is 167 Å². The van der Waals surface area contributed by atoms with Crippen molar-refractivity contribution in [3.05, 3.63) is 89.0 Å². The van der Waals surface area contributed by atoms with Crippen LogP contribution in [0.4, 0.5) is 4.39 Å². The highest BCUT2D eigenvalue weighted by Crippen LogP contribution is 2.30. The molecule has 0 fully saturated rings. The van der Waals surface area contributed by atoms with E-state index in [9.17, 15) is 14.0 Å². The molecule has 0 aliphatic carbocycles. The molecule has 2 aromatic heterocycles. The number of thiophene rings is 1. The fraction of sp³-hybridized carbons (Fsp3) is 0.150. The van der Waals surface area contributed by atoms with Crippen molar-refractivity contribution in [3.63, 3.8) is 0 Å². The van der Waals surface area contributed by atoms with Crippen molar-refractivity contribution in [1.82, 2.24) is 4.57 Å². The quantitative estimate of drug-likeness (QED) is 0.619. The first-order chi connectivity index (χ1) is 13.5. The van der Waals surface area contributed by atoms with Crippen molar-refractivity contribution in [2.24, 2.45) is 4.99 Å². The predicted molar refractivity (Wildman–Crippen MR) is 107 cm³/mol. The molecule has 0 bridgehead atoms. The SMILES string of the molecule is COC(=O)C1=C(C)N=c2s/c(=C/c3cccs3)c(=O)n2[C@@H]1c1ccc(F)cc1. The van der Waals surface area contributed by atoms with Gasteiger partial charge in [-0.25, -0.2) is 14.2 Å². The molecule has 3 aromatic rings. The van der Waals surface area contributed by atoms with E-state index in [4.69, 9.17) is 4.74 Å². The first kappa shape index (κ1) is 18.5. The van der Waals surface area contributed by atoms with Crippen molar-refractivity contribution in [1.29, 1.82) is 0 Å². The van der Waals surface area contributed by atoms with Crippen LogP contribution in [0.2, 0.25) is 0 Å². The lowest BCUT2D eigenvalue weighted by molar-refractivity contribution is -0.136. The largest absolute Gasteiger partial charge is 0.466 e. The van der Waals surface area contributed by atoms with Gasteiger partial charge in [-0.1, -0.05) is 29.5 Å². The monoisotopic (exact) mass is 414 g/mol. The fourth-order valence-electron chi connectivity index (χ4n) is 3.16. The van der Waals surface area contributed by atoms with E-state index in [-0.39, 0.29) is 11.1 Å². The number of benzene rings is 1. The van der Waals surface area contributed by atoms with E-state index in [1.807, 2.05) is 23.6 Å². The van der Waals surface area contributed by atoms with Gasteiger partial charge in [-0.2, -0.15) is 0 Å². The van der Waals surface area contributed by atoms with Gasteiger partial charge < -0.3 is 4.74 Å². The minimum absolute atomic E-state index is 0.250. The van der Waals surface area contributed by atoms with E-state index < -0.39 is 17.8 Å². The van der Waals surface area contributed by atoms with Crippen LogP contribution in [-0.2, 0) is 9.53 Å². The lowest BCUT2D eigenvalue weighted by Crippen LogP contribution is -2.39. The van der Waals surface area contributed by atoms with E-state index in [0.717, 1.165) is 4.88 Å². The minimum Gasteiger partial charge on any atom is -0.466 e. The lowest BCUT2D eigenvalue weighted by Gasteiger charge is -2.24. The molecule has 1 aliphatic rings. The standard InChI is InChI=1S/C20H15FN2O3S2/c1-11-16(19(25)26-2)17(12-5-7-13(21)8-6-12)23-18(24)15(28-20(23)22-11)10-14-4-3-9-27-14/h3-10,17H,1-2H3/b15-10+/t17-/m1/s1. The zero-order chi connectivity index (χ0) is 19.8. The van der Waals surface area contributed by atoms with Gasteiger partial charge in [0.2, 0.25) is 0 Å². The van der Waals surface area contributed by atoms with E-state index in [2.05, 4.69) is 4.99 Å². The average Bonchev–Trinajstić information content (AvgIpc) is 3.29. The van der Waals surface area contributed by atoms with Gasteiger partial charge in [0.15, 0.2) is 4.80 Å². The van der Waals surface area contributed by atoms with Gasteiger partial charge in [0.25, 0.3) is 5.56 Å². The second kappa shape index (κ2) is 7.29. The van der Waals surface area contributed by atoms with Gasteiger partial charge in [-0.3, -0.25) is 9.36 Å². The Morgan fingerprint density at radius 1 is 1.29 bits per heavy atom. The summed E-state index contributed by atoms with van der Waals surface area (Å²) in [6.07, 6.45) is 1.81. The molecule has 0 amide bonds. The highest BCUT2D eigenvalue weighted by molar-refractivity contribution is 7.11. The molecule has 3 heterocycles. The van der Waals surface area contributed by atoms with Crippen LogP contribution in [0.3, 0.4) is 0 Å². The third-order valence-corrected chi connectivity index (χ3v) is 6.23. The number of carbonyl (C=O) groups is 1. The number of rotatable bonds is 3. The summed E-state index contributed by atoms with van der Waals surface area (Å²) in [7, 11) is 1.28. The molecule has 142 valence electrons. The van der Waals surface area contributed by atoms with Crippen LogP contribution in [0, 0.1) is 5.82 Å². The van der Waals surface area contributed by atoms with Crippen LogP contribution < -0.4 is 14.9 Å². The zero-order valence-electron chi connectivity index (χ0n) is 15.0. The maximum absolute atomic E-state index is 13.5. The first-order valence-electron chi connectivity index (χ1n) is 8.39. The highest BCUT2D eigenvalue weighted by atomic mass is 32.1. The Balaban J connectivity index is 2.00. The maximum atomic E-state index is 13.5. The molecule has 0 N–H and O–H groups in total. The van der Waals surface area contributed by atoms with Crippen molar-refractivity contribution in [2.45, 2.75) is 13.0 Å². The molecule has 0 saturated heterocycles. The molecular formula is C20H15FN2O3S2. The fourth-order valence-corrected chi connectivity index (χ4v) is 4.93. The normalized spacial score (nSPS) is 16.7. The Morgan fingerprint density at radius 2 is 2.04 bits per heavy atom. The molecular weight excluding hydrogens is 399 g/mol. The number of methoxy groups -OCH3 is 1. The molecule has 0 unspecified atom stereocenters. The molecule has 1 aromatic carbocycles. The second-order valence-corrected chi connectivity index (χ2v) is 8.13. The number of fused-ring (bicyclic) bond motifs is 1. The average molecular weight is 414 g/mol. The van der Waals surface area contributed by atoms with Crippen LogP contribution in [0.1, 0.15) is 23.4 Å². The van der Waals surface area contributed by atoms with Gasteiger partial charge >= 0.3 is 5.97 Å². The third-order valence-electron chi connectivity index (χ3n) is 4.43. The summed E-state index contributed by atoms with van der Waals surface area (Å²) >= 11 is 2.79. The lowest BCUT2D eigenvalue weighted by atomic mass is 9.96. The van der Waals surface area contributed by atoms with Gasteiger partial charge in [0.1, 0.15) is 5.82 Å². The predicted octanol–water partition coefficient (Wildman–Crippen LogP) is 2.61. The van der Waals surface area contributed by atoms with Gasteiger partial charge in [0.05, 0.1) is 29.0 Å². The van der Waals surface area contributed by atoms with Crippen LogP contribution >= 0.6 is 22.7 Å². The summed E-state index contributed by atoms with van der Waals surface area (Å²) in [6, 6.07) is 8.85. The summed E-state index contributed by atoms with van der Waals surface area (Å²) in [5, 5.41) is 1.93. The molecule has 1 aliphatic heterocycles. The summed E-state index contributed by atoms with van der Waals surface area (Å²) in [5.74, 6) is -0.961. The van der Waals surface area contributed by atoms with E-state index >= 15 is 0 Å². The highest BCUT2D eigenvalue weighted by Gasteiger charge is 2.33. The van der Waals surface area contributed by atoms with Crippen molar-refractivity contribution < 1.29 is 13.9 Å². The molecule has 0 spiro atoms. The van der Waals surface area contributed by atoms with Crippen LogP contribution in [0.25, 0.3) is 6.08 Å². The smallest absolute Gasteiger partial charge is 0.338 e. The van der Waals surface area contributed by atoms with Crippen molar-refractivity contribution in [3.8, 4) is 0 Å². The Morgan fingerprint density at radius 3 is 2.68 bits per heavy atom. The number of hydrogen-bond donors (Lipinski definition) is 0. The molecule has 1 atom stereocenters. The Bertz CT molecular complexity index is 1250. The van der Waals surface area contributed by atoms with E-state index in [1.54, 1.807) is 19.1 Å². The van der Waals surface area contributed by atoms with Crippen molar-refractivity contribution >= 4 is 34.7 Å².